The molecule has 4 heteroatoms. The molecule has 0 saturated carbocycles. The summed E-state index contributed by atoms with van der Waals surface area (Å²) in [5, 5.41) is 0. The number of hydrogen-bond donors (Lipinski definition) is 1. The Hall–Kier alpha value is -0.770. The second-order valence-electron chi connectivity index (χ2n) is 5.40. The fourth-order valence-corrected chi connectivity index (χ4v) is 2.33. The van der Waals surface area contributed by atoms with Crippen LogP contribution >= 0.6 is 0 Å². The molecule has 1 rings (SSSR count). The standard InChI is InChI=1S/C10H21N3O/c1-9(2)6-10(3,11)13(5)8(14)12(4)7-9/h6-7,11H2,1-5H3. The maximum atomic E-state index is 11.8. The van der Waals surface area contributed by atoms with E-state index in [-0.39, 0.29) is 11.4 Å². The van der Waals surface area contributed by atoms with Crippen LogP contribution in [0.3, 0.4) is 0 Å². The van der Waals surface area contributed by atoms with Crippen molar-refractivity contribution in [2.75, 3.05) is 20.6 Å². The van der Waals surface area contributed by atoms with E-state index in [1.54, 1.807) is 16.8 Å². The molecule has 0 aromatic rings. The van der Waals surface area contributed by atoms with Gasteiger partial charge in [-0.15, -0.1) is 0 Å². The third kappa shape index (κ3) is 2.00. The molecule has 4 nitrogen and oxygen atoms in total. The van der Waals surface area contributed by atoms with Crippen molar-refractivity contribution in [2.45, 2.75) is 32.9 Å². The second kappa shape index (κ2) is 3.12. The van der Waals surface area contributed by atoms with Gasteiger partial charge in [0.05, 0.1) is 5.66 Å². The minimum atomic E-state index is -0.550. The van der Waals surface area contributed by atoms with Crippen molar-refractivity contribution in [2.24, 2.45) is 11.1 Å². The monoisotopic (exact) mass is 199 g/mol. The third-order valence-corrected chi connectivity index (χ3v) is 2.88. The highest BCUT2D eigenvalue weighted by Crippen LogP contribution is 2.32. The van der Waals surface area contributed by atoms with Crippen LogP contribution in [0, 0.1) is 5.41 Å². The highest BCUT2D eigenvalue weighted by Gasteiger charge is 2.40. The fraction of sp³-hybridized carbons (Fsp3) is 0.900. The van der Waals surface area contributed by atoms with Crippen LogP contribution in [0.25, 0.3) is 0 Å². The predicted octanol–water partition coefficient (Wildman–Crippen LogP) is 1.07. The van der Waals surface area contributed by atoms with Gasteiger partial charge in [0.2, 0.25) is 0 Å². The first kappa shape index (κ1) is 11.3. The molecule has 82 valence electrons. The molecule has 1 unspecified atom stereocenters. The molecule has 1 heterocycles. The van der Waals surface area contributed by atoms with E-state index >= 15 is 0 Å². The summed E-state index contributed by atoms with van der Waals surface area (Å²) in [6.07, 6.45) is 0.812. The highest BCUT2D eigenvalue weighted by molar-refractivity contribution is 5.75. The van der Waals surface area contributed by atoms with Gasteiger partial charge in [-0.3, -0.25) is 0 Å². The van der Waals surface area contributed by atoms with E-state index in [0.717, 1.165) is 13.0 Å². The van der Waals surface area contributed by atoms with Gasteiger partial charge in [-0.1, -0.05) is 13.8 Å². The van der Waals surface area contributed by atoms with E-state index in [1.807, 2.05) is 14.0 Å². The highest BCUT2D eigenvalue weighted by atomic mass is 16.2. The lowest BCUT2D eigenvalue weighted by Crippen LogP contribution is -2.55. The molecule has 0 aliphatic carbocycles. The van der Waals surface area contributed by atoms with Crippen molar-refractivity contribution < 1.29 is 4.79 Å². The molecule has 14 heavy (non-hydrogen) atoms. The number of amides is 2. The molecule has 2 N–H and O–H groups in total. The van der Waals surface area contributed by atoms with Crippen LogP contribution in [-0.4, -0.2) is 42.1 Å². The van der Waals surface area contributed by atoms with Gasteiger partial charge >= 0.3 is 6.03 Å². The van der Waals surface area contributed by atoms with Gasteiger partial charge < -0.3 is 15.5 Å². The Kier molecular flexibility index (Phi) is 2.52. The maximum Gasteiger partial charge on any atom is 0.320 e. The number of nitrogens with two attached hydrogens (primary N) is 1. The average Bonchev–Trinajstić information content (AvgIpc) is 2.01. The van der Waals surface area contributed by atoms with Crippen LogP contribution in [0.4, 0.5) is 4.79 Å². The quantitative estimate of drug-likeness (QED) is 0.634. The molecule has 1 aliphatic rings. The molecule has 1 fully saturated rings. The van der Waals surface area contributed by atoms with Gasteiger partial charge in [0.25, 0.3) is 0 Å². The SMILES string of the molecule is CN1CC(C)(C)CC(C)(N)N(C)C1=O. The molecule has 1 aliphatic heterocycles. The lowest BCUT2D eigenvalue weighted by atomic mass is 9.83. The normalized spacial score (nSPS) is 33.1. The third-order valence-electron chi connectivity index (χ3n) is 2.88. The first-order chi connectivity index (χ1) is 6.16. The minimum absolute atomic E-state index is 0.000532. The Morgan fingerprint density at radius 3 is 2.29 bits per heavy atom. The lowest BCUT2D eigenvalue weighted by molar-refractivity contribution is 0.126. The molecule has 0 bridgehead atoms. The first-order valence-corrected chi connectivity index (χ1v) is 4.93. The van der Waals surface area contributed by atoms with E-state index in [9.17, 15) is 4.79 Å². The zero-order valence-electron chi connectivity index (χ0n) is 9.79. The van der Waals surface area contributed by atoms with Crippen LogP contribution < -0.4 is 5.73 Å². The Labute approximate surface area is 86.0 Å². The van der Waals surface area contributed by atoms with Crippen molar-refractivity contribution in [3.05, 3.63) is 0 Å². The van der Waals surface area contributed by atoms with E-state index in [1.165, 1.54) is 0 Å². The van der Waals surface area contributed by atoms with Crippen LogP contribution in [0.5, 0.6) is 0 Å². The number of urea groups is 1. The van der Waals surface area contributed by atoms with E-state index in [2.05, 4.69) is 13.8 Å². The van der Waals surface area contributed by atoms with Gasteiger partial charge in [0.15, 0.2) is 0 Å². The summed E-state index contributed by atoms with van der Waals surface area (Å²) in [5.74, 6) is 0. The number of nitrogens with zero attached hydrogens (tertiary/aromatic N) is 2. The number of hydrogen-bond acceptors (Lipinski definition) is 2. The Bertz CT molecular complexity index is 248. The Morgan fingerprint density at radius 2 is 1.79 bits per heavy atom. The maximum absolute atomic E-state index is 11.8. The van der Waals surface area contributed by atoms with Crippen LogP contribution in [-0.2, 0) is 0 Å². The summed E-state index contributed by atoms with van der Waals surface area (Å²) < 4.78 is 0. The largest absolute Gasteiger partial charge is 0.327 e. The molecule has 0 radical (unpaired) electrons. The lowest BCUT2D eigenvalue weighted by Gasteiger charge is -2.36. The van der Waals surface area contributed by atoms with Gasteiger partial charge in [-0.05, 0) is 18.8 Å². The van der Waals surface area contributed by atoms with E-state index in [4.69, 9.17) is 5.73 Å². The number of rotatable bonds is 0. The van der Waals surface area contributed by atoms with Crippen molar-refractivity contribution in [3.63, 3.8) is 0 Å². The zero-order valence-corrected chi connectivity index (χ0v) is 9.79. The molecular formula is C10H21N3O. The number of carbonyl (C=O) groups is 1. The first-order valence-electron chi connectivity index (χ1n) is 4.93. The fourth-order valence-electron chi connectivity index (χ4n) is 2.33. The smallest absolute Gasteiger partial charge is 0.320 e. The van der Waals surface area contributed by atoms with Gasteiger partial charge in [-0.25, -0.2) is 4.79 Å². The zero-order chi connectivity index (χ0) is 11.1. The molecule has 0 aromatic carbocycles. The topological polar surface area (TPSA) is 49.6 Å². The van der Waals surface area contributed by atoms with E-state index in [0.29, 0.717) is 0 Å². The van der Waals surface area contributed by atoms with Gasteiger partial charge in [0, 0.05) is 20.6 Å². The molecule has 0 spiro atoms. The second-order valence-corrected chi connectivity index (χ2v) is 5.40. The van der Waals surface area contributed by atoms with Gasteiger partial charge in [-0.2, -0.15) is 0 Å². The van der Waals surface area contributed by atoms with E-state index < -0.39 is 5.66 Å². The summed E-state index contributed by atoms with van der Waals surface area (Å²) in [6, 6.07) is 0.000532. The van der Waals surface area contributed by atoms with Crippen molar-refractivity contribution in [1.82, 2.24) is 9.80 Å². The summed E-state index contributed by atoms with van der Waals surface area (Å²) in [6.45, 7) is 6.94. The average molecular weight is 199 g/mol. The molecule has 0 aromatic heterocycles. The molecule has 2 amide bonds. The van der Waals surface area contributed by atoms with Crippen LogP contribution in [0.15, 0.2) is 0 Å². The van der Waals surface area contributed by atoms with Crippen LogP contribution in [0.2, 0.25) is 0 Å². The predicted molar refractivity (Wildman–Crippen MR) is 56.8 cm³/mol. The molecular weight excluding hydrogens is 178 g/mol. The summed E-state index contributed by atoms with van der Waals surface area (Å²) in [5.41, 5.74) is 5.65. The van der Waals surface area contributed by atoms with Crippen LogP contribution in [0.1, 0.15) is 27.2 Å². The van der Waals surface area contributed by atoms with Crippen molar-refractivity contribution in [1.29, 1.82) is 0 Å². The molecule has 1 atom stereocenters. The Balaban J connectivity index is 3.01. The Morgan fingerprint density at radius 1 is 1.29 bits per heavy atom. The summed E-state index contributed by atoms with van der Waals surface area (Å²) in [4.78, 5) is 15.2. The minimum Gasteiger partial charge on any atom is -0.327 e. The summed E-state index contributed by atoms with van der Waals surface area (Å²) in [7, 11) is 3.59. The van der Waals surface area contributed by atoms with Crippen molar-refractivity contribution in [3.8, 4) is 0 Å². The summed E-state index contributed by atoms with van der Waals surface area (Å²) >= 11 is 0. The van der Waals surface area contributed by atoms with Gasteiger partial charge in [0.1, 0.15) is 0 Å². The van der Waals surface area contributed by atoms with Crippen molar-refractivity contribution >= 4 is 6.03 Å². The number of carbonyl (C=O) groups excluding carboxylic acids is 1. The molecule has 1 saturated heterocycles.